The van der Waals surface area contributed by atoms with Gasteiger partial charge in [-0.1, -0.05) is 25.1 Å². The Bertz CT molecular complexity index is 711. The Kier molecular flexibility index (Phi) is 13.5. The SMILES string of the molecule is CCN(CCO)CCCC(C)Nc1c(C)cnc2[c-]c(C)c(C)[c-]c12.[W].[Y]. The summed E-state index contributed by atoms with van der Waals surface area (Å²) in [5, 5.41) is 13.8. The van der Waals surface area contributed by atoms with E-state index < -0.39 is 0 Å². The molecule has 1 atom stereocenters. The van der Waals surface area contributed by atoms with Crippen LogP contribution in [-0.4, -0.2) is 47.3 Å². The van der Waals surface area contributed by atoms with Crippen molar-refractivity contribution in [1.29, 1.82) is 0 Å². The van der Waals surface area contributed by atoms with Gasteiger partial charge >= 0.3 is 0 Å². The summed E-state index contributed by atoms with van der Waals surface area (Å²) in [6.07, 6.45) is 4.11. The fourth-order valence-electron chi connectivity index (χ4n) is 3.07. The molecular formula is C21H31N3OWY-2. The molecule has 2 N–H and O–H groups in total. The number of hydrogen-bond donors (Lipinski definition) is 2. The van der Waals surface area contributed by atoms with Gasteiger partial charge in [-0.3, -0.25) is 12.1 Å². The van der Waals surface area contributed by atoms with Crippen LogP contribution in [0.5, 0.6) is 0 Å². The van der Waals surface area contributed by atoms with Crippen LogP contribution in [0.15, 0.2) is 6.20 Å². The number of nitrogens with one attached hydrogen (secondary N) is 1. The Hall–Kier alpha value is 0.142. The van der Waals surface area contributed by atoms with Crippen LogP contribution in [0.1, 0.15) is 43.4 Å². The molecule has 2 rings (SSSR count). The summed E-state index contributed by atoms with van der Waals surface area (Å²) >= 11 is 0. The number of aliphatic hydroxyl groups excluding tert-OH is 1. The number of hydrogen-bond acceptors (Lipinski definition) is 4. The number of aryl methyl sites for hydroxylation is 3. The van der Waals surface area contributed by atoms with Crippen LogP contribution in [0, 0.1) is 32.9 Å². The molecule has 1 aromatic heterocycles. The smallest absolute Gasteiger partial charge is 0.0558 e. The van der Waals surface area contributed by atoms with Crippen molar-refractivity contribution in [3.05, 3.63) is 35.0 Å². The van der Waals surface area contributed by atoms with E-state index in [1.807, 2.05) is 6.20 Å². The topological polar surface area (TPSA) is 48.4 Å². The van der Waals surface area contributed by atoms with E-state index in [1.54, 1.807) is 0 Å². The minimum Gasteiger partial charge on any atom is -0.431 e. The van der Waals surface area contributed by atoms with Gasteiger partial charge in [0.15, 0.2) is 0 Å². The van der Waals surface area contributed by atoms with E-state index in [4.69, 9.17) is 5.11 Å². The molecule has 1 aromatic carbocycles. The van der Waals surface area contributed by atoms with Crippen molar-refractivity contribution in [2.75, 3.05) is 31.6 Å². The Balaban J connectivity index is 0.00000338. The monoisotopic (exact) mass is 614 g/mol. The summed E-state index contributed by atoms with van der Waals surface area (Å²) in [5.41, 5.74) is 5.37. The summed E-state index contributed by atoms with van der Waals surface area (Å²) in [6.45, 7) is 13.6. The first kappa shape index (κ1) is 27.1. The summed E-state index contributed by atoms with van der Waals surface area (Å²) in [4.78, 5) is 6.80. The molecule has 147 valence electrons. The van der Waals surface area contributed by atoms with E-state index in [9.17, 15) is 0 Å². The second kappa shape index (κ2) is 13.4. The molecule has 0 aliphatic rings. The second-order valence-electron chi connectivity index (χ2n) is 6.89. The number of pyridine rings is 1. The molecule has 0 bridgehead atoms. The number of benzene rings is 1. The molecule has 1 unspecified atom stereocenters. The third-order valence-corrected chi connectivity index (χ3v) is 4.81. The normalized spacial score (nSPS) is 11.8. The van der Waals surface area contributed by atoms with Crippen LogP contribution in [-0.2, 0) is 53.8 Å². The molecule has 0 amide bonds. The van der Waals surface area contributed by atoms with E-state index in [0.29, 0.717) is 6.04 Å². The van der Waals surface area contributed by atoms with Crippen molar-refractivity contribution in [3.8, 4) is 0 Å². The molecule has 0 aliphatic carbocycles. The summed E-state index contributed by atoms with van der Waals surface area (Å²) in [6, 6.07) is 7.21. The van der Waals surface area contributed by atoms with E-state index in [-0.39, 0.29) is 60.4 Å². The first-order chi connectivity index (χ1) is 12.0. The van der Waals surface area contributed by atoms with Gasteiger partial charge in [0, 0.05) is 72.6 Å². The molecule has 0 spiro atoms. The summed E-state index contributed by atoms with van der Waals surface area (Å²) in [5.74, 6) is 0. The number of aromatic nitrogens is 1. The number of anilines is 1. The molecule has 6 heteroatoms. The Morgan fingerprint density at radius 1 is 1.19 bits per heavy atom. The predicted octanol–water partition coefficient (Wildman–Crippen LogP) is 3.65. The summed E-state index contributed by atoms with van der Waals surface area (Å²) in [7, 11) is 0. The molecule has 0 saturated heterocycles. The first-order valence-corrected chi connectivity index (χ1v) is 9.27. The van der Waals surface area contributed by atoms with Crippen molar-refractivity contribution in [1.82, 2.24) is 9.88 Å². The molecular weight excluding hydrogens is 583 g/mol. The molecule has 0 fully saturated rings. The third-order valence-electron chi connectivity index (χ3n) is 4.81. The van der Waals surface area contributed by atoms with Crippen molar-refractivity contribution in [2.45, 2.75) is 53.5 Å². The fourth-order valence-corrected chi connectivity index (χ4v) is 3.07. The van der Waals surface area contributed by atoms with Crippen LogP contribution < -0.4 is 5.32 Å². The van der Waals surface area contributed by atoms with Crippen molar-refractivity contribution >= 4 is 16.6 Å². The predicted molar refractivity (Wildman–Crippen MR) is 105 cm³/mol. The molecule has 2 aromatic rings. The third kappa shape index (κ3) is 7.82. The van der Waals surface area contributed by atoms with E-state index in [0.717, 1.165) is 65.8 Å². The van der Waals surface area contributed by atoms with Crippen molar-refractivity contribution in [3.63, 3.8) is 0 Å². The second-order valence-corrected chi connectivity index (χ2v) is 6.89. The van der Waals surface area contributed by atoms with Crippen LogP contribution in [0.3, 0.4) is 0 Å². The maximum atomic E-state index is 9.08. The average molecular weight is 614 g/mol. The average Bonchev–Trinajstić information content (AvgIpc) is 2.58. The Morgan fingerprint density at radius 3 is 2.48 bits per heavy atom. The molecule has 1 heterocycles. The molecule has 27 heavy (non-hydrogen) atoms. The minimum absolute atomic E-state index is 0. The number of aliphatic hydroxyl groups is 1. The van der Waals surface area contributed by atoms with Gasteiger partial charge in [0.25, 0.3) is 0 Å². The van der Waals surface area contributed by atoms with Crippen LogP contribution in [0.4, 0.5) is 5.69 Å². The molecule has 4 nitrogen and oxygen atoms in total. The van der Waals surface area contributed by atoms with Gasteiger partial charge in [0.05, 0.1) is 6.61 Å². The Labute approximate surface area is 204 Å². The van der Waals surface area contributed by atoms with E-state index in [2.05, 4.69) is 62.0 Å². The van der Waals surface area contributed by atoms with E-state index in [1.165, 1.54) is 0 Å². The van der Waals surface area contributed by atoms with Gasteiger partial charge in [-0.05, 0) is 39.8 Å². The summed E-state index contributed by atoms with van der Waals surface area (Å²) < 4.78 is 0. The van der Waals surface area contributed by atoms with Crippen LogP contribution >= 0.6 is 0 Å². The van der Waals surface area contributed by atoms with Crippen molar-refractivity contribution in [2.24, 2.45) is 0 Å². The largest absolute Gasteiger partial charge is 0.431 e. The Morgan fingerprint density at radius 2 is 1.85 bits per heavy atom. The van der Waals surface area contributed by atoms with Crippen LogP contribution in [0.25, 0.3) is 10.9 Å². The first-order valence-electron chi connectivity index (χ1n) is 9.27. The quantitative estimate of drug-likeness (QED) is 0.424. The molecule has 0 saturated carbocycles. The number of nitrogens with zero attached hydrogens (tertiary/aromatic N) is 2. The number of likely N-dealkylation sites (N-methyl/N-ethyl adjacent to an activating group) is 1. The fraction of sp³-hybridized carbons (Fsp3) is 0.571. The van der Waals surface area contributed by atoms with Crippen LogP contribution in [0.2, 0.25) is 0 Å². The molecule has 0 aliphatic heterocycles. The van der Waals surface area contributed by atoms with Gasteiger partial charge in [-0.2, -0.15) is 0 Å². The van der Waals surface area contributed by atoms with Gasteiger partial charge in [-0.25, -0.2) is 16.5 Å². The molecule has 1 radical (unpaired) electrons. The van der Waals surface area contributed by atoms with Gasteiger partial charge < -0.3 is 20.3 Å². The maximum absolute atomic E-state index is 9.08. The zero-order valence-electron chi connectivity index (χ0n) is 17.2. The number of rotatable bonds is 9. The number of fused-ring (bicyclic) bond motifs is 1. The zero-order chi connectivity index (χ0) is 18.4. The zero-order valence-corrected chi connectivity index (χ0v) is 23.0. The van der Waals surface area contributed by atoms with E-state index >= 15 is 0 Å². The van der Waals surface area contributed by atoms with Gasteiger partial charge in [0.1, 0.15) is 0 Å². The van der Waals surface area contributed by atoms with Gasteiger partial charge in [0.2, 0.25) is 0 Å². The maximum Gasteiger partial charge on any atom is 0.0558 e. The van der Waals surface area contributed by atoms with Crippen molar-refractivity contribution < 1.29 is 58.9 Å². The minimum atomic E-state index is 0. The van der Waals surface area contributed by atoms with Gasteiger partial charge in [-0.15, -0.1) is 12.4 Å². The standard InChI is InChI=1S/C21H31N3O.W.Y/c1-6-24(10-11-25)9-7-8-18(5)23-21-17(4)14-22-20-13-16(3)15(2)12-19(20)21;;/h14,18,25H,6-11H2,1-5H3,(H,22,23);;/q-2;;.